The van der Waals surface area contributed by atoms with Crippen LogP contribution >= 0.6 is 0 Å². The normalized spacial score (nSPS) is 17.4. The number of rotatable bonds is 3. The molecule has 2 rings (SSSR count). The van der Waals surface area contributed by atoms with Gasteiger partial charge in [-0.25, -0.2) is 0 Å². The Kier molecular flexibility index (Phi) is 2.33. The number of aromatic nitrogens is 2. The molecule has 0 aromatic carbocycles. The number of H-pyrrole nitrogens is 1. The van der Waals surface area contributed by atoms with E-state index in [0.29, 0.717) is 6.42 Å². The molecule has 1 aromatic heterocycles. The average molecular weight is 181 g/mol. The van der Waals surface area contributed by atoms with Gasteiger partial charge in [-0.2, -0.15) is 5.10 Å². The summed E-state index contributed by atoms with van der Waals surface area (Å²) in [6, 6.07) is -0.108. The number of nitrogens with zero attached hydrogens (tertiary/aromatic N) is 1. The number of hydrogen-bond donors (Lipinski definition) is 3. The molecule has 0 spiro atoms. The number of aromatic amines is 1. The molecule has 1 atom stereocenters. The molecule has 1 aliphatic rings. The number of aliphatic hydroxyl groups is 1. The molecule has 0 saturated heterocycles. The van der Waals surface area contributed by atoms with E-state index >= 15 is 0 Å². The third-order valence-corrected chi connectivity index (χ3v) is 2.63. The standard InChI is InChI=1S/C9H15N3O/c10-7(4-5-13)9-6-2-1-3-8(6)11-12-9/h7,13H,1-5,10H2,(H,11,12). The van der Waals surface area contributed by atoms with Gasteiger partial charge in [0, 0.05) is 12.3 Å². The summed E-state index contributed by atoms with van der Waals surface area (Å²) in [4.78, 5) is 0. The highest BCUT2D eigenvalue weighted by Gasteiger charge is 2.21. The molecule has 1 heterocycles. The van der Waals surface area contributed by atoms with Crippen molar-refractivity contribution in [2.75, 3.05) is 6.61 Å². The summed E-state index contributed by atoms with van der Waals surface area (Å²) in [5.41, 5.74) is 9.37. The first-order valence-corrected chi connectivity index (χ1v) is 4.75. The fourth-order valence-corrected chi connectivity index (χ4v) is 1.93. The summed E-state index contributed by atoms with van der Waals surface area (Å²) in [5, 5.41) is 16.0. The molecule has 4 N–H and O–H groups in total. The van der Waals surface area contributed by atoms with Crippen molar-refractivity contribution >= 4 is 0 Å². The second kappa shape index (κ2) is 3.47. The molecule has 4 heteroatoms. The number of fused-ring (bicyclic) bond motifs is 1. The molecule has 1 unspecified atom stereocenters. The minimum atomic E-state index is -0.108. The van der Waals surface area contributed by atoms with E-state index < -0.39 is 0 Å². The SMILES string of the molecule is NC(CCO)c1n[nH]c2c1CCC2. The molecule has 13 heavy (non-hydrogen) atoms. The first-order valence-electron chi connectivity index (χ1n) is 4.75. The Labute approximate surface area is 77.1 Å². The summed E-state index contributed by atoms with van der Waals surface area (Å²) in [5.74, 6) is 0. The van der Waals surface area contributed by atoms with Crippen LogP contribution in [0.25, 0.3) is 0 Å². The highest BCUT2D eigenvalue weighted by atomic mass is 16.3. The van der Waals surface area contributed by atoms with E-state index in [4.69, 9.17) is 10.8 Å². The van der Waals surface area contributed by atoms with Gasteiger partial charge in [-0.1, -0.05) is 0 Å². The first-order chi connectivity index (χ1) is 6.33. The van der Waals surface area contributed by atoms with Gasteiger partial charge in [-0.05, 0) is 31.2 Å². The van der Waals surface area contributed by atoms with Crippen LogP contribution in [0.3, 0.4) is 0 Å². The molecule has 1 aromatic rings. The lowest BCUT2D eigenvalue weighted by Crippen LogP contribution is -2.14. The van der Waals surface area contributed by atoms with Crippen molar-refractivity contribution in [2.45, 2.75) is 31.7 Å². The zero-order valence-corrected chi connectivity index (χ0v) is 7.58. The Morgan fingerprint density at radius 3 is 3.15 bits per heavy atom. The number of hydrogen-bond acceptors (Lipinski definition) is 3. The van der Waals surface area contributed by atoms with Gasteiger partial charge in [0.2, 0.25) is 0 Å². The highest BCUT2D eigenvalue weighted by molar-refractivity contribution is 5.31. The van der Waals surface area contributed by atoms with Crippen LogP contribution in [-0.4, -0.2) is 21.9 Å². The maximum Gasteiger partial charge on any atom is 0.0824 e. The molecule has 0 bridgehead atoms. The zero-order chi connectivity index (χ0) is 9.26. The number of aryl methyl sites for hydroxylation is 1. The molecular formula is C9H15N3O. The molecule has 0 saturated carbocycles. The van der Waals surface area contributed by atoms with E-state index in [0.717, 1.165) is 18.5 Å². The van der Waals surface area contributed by atoms with Crippen LogP contribution in [0.15, 0.2) is 0 Å². The second-order valence-corrected chi connectivity index (χ2v) is 3.54. The topological polar surface area (TPSA) is 74.9 Å². The fraction of sp³-hybridized carbons (Fsp3) is 0.667. The van der Waals surface area contributed by atoms with E-state index in [1.54, 1.807) is 0 Å². The van der Waals surface area contributed by atoms with Gasteiger partial charge in [0.15, 0.2) is 0 Å². The Bertz CT molecular complexity index is 295. The second-order valence-electron chi connectivity index (χ2n) is 3.54. The summed E-state index contributed by atoms with van der Waals surface area (Å²) >= 11 is 0. The molecular weight excluding hydrogens is 166 g/mol. The van der Waals surface area contributed by atoms with Crippen molar-refractivity contribution in [3.8, 4) is 0 Å². The van der Waals surface area contributed by atoms with Gasteiger partial charge in [0.1, 0.15) is 0 Å². The van der Waals surface area contributed by atoms with Crippen LogP contribution < -0.4 is 5.73 Å². The van der Waals surface area contributed by atoms with Gasteiger partial charge in [-0.3, -0.25) is 5.10 Å². The molecule has 0 amide bonds. The minimum Gasteiger partial charge on any atom is -0.396 e. The van der Waals surface area contributed by atoms with Gasteiger partial charge in [0.05, 0.1) is 11.7 Å². The smallest absolute Gasteiger partial charge is 0.0824 e. The summed E-state index contributed by atoms with van der Waals surface area (Å²) < 4.78 is 0. The van der Waals surface area contributed by atoms with Crippen LogP contribution in [0.1, 0.15) is 35.8 Å². The monoisotopic (exact) mass is 181 g/mol. The van der Waals surface area contributed by atoms with Crippen LogP contribution in [0, 0.1) is 0 Å². The Hall–Kier alpha value is -0.870. The van der Waals surface area contributed by atoms with Gasteiger partial charge < -0.3 is 10.8 Å². The summed E-state index contributed by atoms with van der Waals surface area (Å²) in [6.45, 7) is 0.128. The number of aliphatic hydroxyl groups excluding tert-OH is 1. The van der Waals surface area contributed by atoms with Gasteiger partial charge in [-0.15, -0.1) is 0 Å². The van der Waals surface area contributed by atoms with E-state index in [2.05, 4.69) is 10.2 Å². The minimum absolute atomic E-state index is 0.108. The van der Waals surface area contributed by atoms with Crippen LogP contribution in [0.4, 0.5) is 0 Å². The predicted octanol–water partition coefficient (Wildman–Crippen LogP) is 0.281. The van der Waals surface area contributed by atoms with Crippen molar-refractivity contribution in [1.29, 1.82) is 0 Å². The van der Waals surface area contributed by atoms with Crippen LogP contribution in [-0.2, 0) is 12.8 Å². The lowest BCUT2D eigenvalue weighted by molar-refractivity contribution is 0.275. The number of nitrogens with two attached hydrogens (primary N) is 1. The Balaban J connectivity index is 2.20. The summed E-state index contributed by atoms with van der Waals surface area (Å²) in [6.07, 6.45) is 3.97. The van der Waals surface area contributed by atoms with Crippen molar-refractivity contribution < 1.29 is 5.11 Å². The zero-order valence-electron chi connectivity index (χ0n) is 7.58. The van der Waals surface area contributed by atoms with E-state index in [-0.39, 0.29) is 12.6 Å². The molecule has 0 aliphatic heterocycles. The Morgan fingerprint density at radius 1 is 1.54 bits per heavy atom. The van der Waals surface area contributed by atoms with Crippen molar-refractivity contribution in [2.24, 2.45) is 5.73 Å². The average Bonchev–Trinajstić information content (AvgIpc) is 2.62. The van der Waals surface area contributed by atoms with Gasteiger partial charge in [0.25, 0.3) is 0 Å². The lowest BCUT2D eigenvalue weighted by Gasteiger charge is -2.07. The van der Waals surface area contributed by atoms with Crippen LogP contribution in [0.5, 0.6) is 0 Å². The quantitative estimate of drug-likeness (QED) is 0.627. The number of nitrogens with one attached hydrogen (secondary N) is 1. The fourth-order valence-electron chi connectivity index (χ4n) is 1.93. The molecule has 1 aliphatic carbocycles. The van der Waals surface area contributed by atoms with Gasteiger partial charge >= 0.3 is 0 Å². The molecule has 4 nitrogen and oxygen atoms in total. The molecule has 0 radical (unpaired) electrons. The largest absolute Gasteiger partial charge is 0.396 e. The highest BCUT2D eigenvalue weighted by Crippen LogP contribution is 2.26. The molecule has 0 fully saturated rings. The molecule has 72 valence electrons. The van der Waals surface area contributed by atoms with Crippen molar-refractivity contribution in [1.82, 2.24) is 10.2 Å². The van der Waals surface area contributed by atoms with Crippen molar-refractivity contribution in [3.63, 3.8) is 0 Å². The van der Waals surface area contributed by atoms with Crippen molar-refractivity contribution in [3.05, 3.63) is 17.0 Å². The third-order valence-electron chi connectivity index (χ3n) is 2.63. The van der Waals surface area contributed by atoms with E-state index in [1.807, 2.05) is 0 Å². The summed E-state index contributed by atoms with van der Waals surface area (Å²) in [7, 11) is 0. The van der Waals surface area contributed by atoms with E-state index in [1.165, 1.54) is 17.7 Å². The van der Waals surface area contributed by atoms with Crippen LogP contribution in [0.2, 0.25) is 0 Å². The first kappa shape index (κ1) is 8.72. The maximum atomic E-state index is 8.77. The third kappa shape index (κ3) is 1.47. The predicted molar refractivity (Wildman–Crippen MR) is 49.2 cm³/mol. The maximum absolute atomic E-state index is 8.77. The lowest BCUT2D eigenvalue weighted by atomic mass is 10.1. The Morgan fingerprint density at radius 2 is 2.38 bits per heavy atom. The van der Waals surface area contributed by atoms with E-state index in [9.17, 15) is 0 Å².